The topological polar surface area (TPSA) is 28.2 Å². The first kappa shape index (κ1) is 9.12. The molecule has 72 valence electrons. The fourth-order valence-corrected chi connectivity index (χ4v) is 2.39. The number of hydrogen-bond donors (Lipinski definition) is 1. The minimum Gasteiger partial charge on any atom is -0.314 e. The van der Waals surface area contributed by atoms with Crippen LogP contribution in [0.2, 0.25) is 0 Å². The van der Waals surface area contributed by atoms with Gasteiger partial charge in [-0.15, -0.1) is 11.3 Å². The van der Waals surface area contributed by atoms with Crippen LogP contribution in [0.5, 0.6) is 0 Å². The van der Waals surface area contributed by atoms with Gasteiger partial charge in [-0.25, -0.2) is 0 Å². The van der Waals surface area contributed by atoms with E-state index in [0.29, 0.717) is 6.04 Å². The molecule has 2 rings (SSSR count). The predicted octanol–water partition coefficient (Wildman–Crippen LogP) is 1.11. The van der Waals surface area contributed by atoms with E-state index >= 15 is 0 Å². The standard InChI is InChI=1S/C9H15N3S/c1-8(9-6-11-7-13-9)12-4-2-10-3-5-12/h6-8,10H,2-5H2,1H3. The molecule has 0 spiro atoms. The molecule has 0 radical (unpaired) electrons. The largest absolute Gasteiger partial charge is 0.314 e. The summed E-state index contributed by atoms with van der Waals surface area (Å²) in [6.45, 7) is 6.79. The number of aromatic nitrogens is 1. The van der Waals surface area contributed by atoms with Crippen LogP contribution in [0.15, 0.2) is 11.7 Å². The fourth-order valence-electron chi connectivity index (χ4n) is 1.68. The quantitative estimate of drug-likeness (QED) is 0.770. The summed E-state index contributed by atoms with van der Waals surface area (Å²) in [5.74, 6) is 0. The molecule has 1 aromatic rings. The van der Waals surface area contributed by atoms with Gasteiger partial charge >= 0.3 is 0 Å². The summed E-state index contributed by atoms with van der Waals surface area (Å²) in [5.41, 5.74) is 1.91. The smallest absolute Gasteiger partial charge is 0.0794 e. The number of thiazole rings is 1. The molecule has 0 saturated carbocycles. The molecule has 1 aliphatic rings. The lowest BCUT2D eigenvalue weighted by Crippen LogP contribution is -2.44. The summed E-state index contributed by atoms with van der Waals surface area (Å²) in [6.07, 6.45) is 1.98. The Bertz CT molecular complexity index is 241. The van der Waals surface area contributed by atoms with E-state index in [1.807, 2.05) is 11.7 Å². The molecule has 3 nitrogen and oxygen atoms in total. The molecule has 0 amide bonds. The monoisotopic (exact) mass is 197 g/mol. The van der Waals surface area contributed by atoms with Crippen molar-refractivity contribution in [3.8, 4) is 0 Å². The van der Waals surface area contributed by atoms with E-state index in [0.717, 1.165) is 26.2 Å². The van der Waals surface area contributed by atoms with Gasteiger partial charge in [-0.05, 0) is 6.92 Å². The van der Waals surface area contributed by atoms with Crippen LogP contribution >= 0.6 is 11.3 Å². The average Bonchev–Trinajstić information content (AvgIpc) is 2.71. The van der Waals surface area contributed by atoms with Crippen molar-refractivity contribution in [2.24, 2.45) is 0 Å². The first-order valence-corrected chi connectivity index (χ1v) is 5.59. The molecule has 1 fully saturated rings. The molecule has 1 unspecified atom stereocenters. The van der Waals surface area contributed by atoms with Gasteiger partial charge < -0.3 is 5.32 Å². The molecule has 13 heavy (non-hydrogen) atoms. The fraction of sp³-hybridized carbons (Fsp3) is 0.667. The Morgan fingerprint density at radius 2 is 2.31 bits per heavy atom. The molecule has 0 aromatic carbocycles. The molecule has 1 aliphatic heterocycles. The lowest BCUT2D eigenvalue weighted by Gasteiger charge is -2.31. The zero-order valence-corrected chi connectivity index (χ0v) is 8.68. The average molecular weight is 197 g/mol. The molecule has 0 aliphatic carbocycles. The van der Waals surface area contributed by atoms with Crippen molar-refractivity contribution < 1.29 is 0 Å². The van der Waals surface area contributed by atoms with Crippen LogP contribution < -0.4 is 5.32 Å². The van der Waals surface area contributed by atoms with Crippen LogP contribution in [-0.2, 0) is 0 Å². The van der Waals surface area contributed by atoms with Crippen LogP contribution in [0, 0.1) is 0 Å². The molecular weight excluding hydrogens is 182 g/mol. The van der Waals surface area contributed by atoms with Crippen LogP contribution in [-0.4, -0.2) is 36.1 Å². The highest BCUT2D eigenvalue weighted by Crippen LogP contribution is 2.22. The second kappa shape index (κ2) is 4.17. The predicted molar refractivity (Wildman–Crippen MR) is 55.0 cm³/mol. The SMILES string of the molecule is CC(c1cncs1)N1CCNCC1. The molecule has 1 aromatic heterocycles. The highest BCUT2D eigenvalue weighted by molar-refractivity contribution is 7.09. The third kappa shape index (κ3) is 2.07. The number of piperazine rings is 1. The first-order valence-electron chi connectivity index (χ1n) is 4.71. The summed E-state index contributed by atoms with van der Waals surface area (Å²) in [7, 11) is 0. The number of rotatable bonds is 2. The number of nitrogens with one attached hydrogen (secondary N) is 1. The Balaban J connectivity index is 1.99. The van der Waals surface area contributed by atoms with Crippen LogP contribution in [0.1, 0.15) is 17.8 Å². The Morgan fingerprint density at radius 3 is 2.92 bits per heavy atom. The molecule has 1 saturated heterocycles. The number of hydrogen-bond acceptors (Lipinski definition) is 4. The van der Waals surface area contributed by atoms with E-state index in [1.54, 1.807) is 11.3 Å². The zero-order chi connectivity index (χ0) is 9.10. The van der Waals surface area contributed by atoms with E-state index in [-0.39, 0.29) is 0 Å². The van der Waals surface area contributed by atoms with Gasteiger partial charge in [0.25, 0.3) is 0 Å². The van der Waals surface area contributed by atoms with Crippen molar-refractivity contribution in [2.45, 2.75) is 13.0 Å². The summed E-state index contributed by atoms with van der Waals surface area (Å²) in [4.78, 5) is 8.00. The Kier molecular flexibility index (Phi) is 2.93. The van der Waals surface area contributed by atoms with Gasteiger partial charge in [0.2, 0.25) is 0 Å². The van der Waals surface area contributed by atoms with E-state index in [1.165, 1.54) is 4.88 Å². The second-order valence-electron chi connectivity index (χ2n) is 3.37. The maximum atomic E-state index is 4.11. The highest BCUT2D eigenvalue weighted by atomic mass is 32.1. The van der Waals surface area contributed by atoms with Crippen LogP contribution in [0.3, 0.4) is 0 Å². The van der Waals surface area contributed by atoms with Crippen molar-refractivity contribution in [1.82, 2.24) is 15.2 Å². The molecule has 2 heterocycles. The van der Waals surface area contributed by atoms with Gasteiger partial charge in [-0.3, -0.25) is 9.88 Å². The lowest BCUT2D eigenvalue weighted by molar-refractivity contribution is 0.188. The lowest BCUT2D eigenvalue weighted by atomic mass is 10.2. The maximum Gasteiger partial charge on any atom is 0.0794 e. The highest BCUT2D eigenvalue weighted by Gasteiger charge is 2.18. The van der Waals surface area contributed by atoms with E-state index in [2.05, 4.69) is 22.1 Å². The van der Waals surface area contributed by atoms with Crippen molar-refractivity contribution in [3.05, 3.63) is 16.6 Å². The van der Waals surface area contributed by atoms with Gasteiger partial charge in [-0.1, -0.05) is 0 Å². The van der Waals surface area contributed by atoms with Crippen molar-refractivity contribution in [3.63, 3.8) is 0 Å². The second-order valence-corrected chi connectivity index (χ2v) is 4.28. The Morgan fingerprint density at radius 1 is 1.54 bits per heavy atom. The molecule has 1 atom stereocenters. The summed E-state index contributed by atoms with van der Waals surface area (Å²) < 4.78 is 0. The minimum absolute atomic E-state index is 0.537. The van der Waals surface area contributed by atoms with Crippen LogP contribution in [0.25, 0.3) is 0 Å². The van der Waals surface area contributed by atoms with Gasteiger partial charge in [0.15, 0.2) is 0 Å². The first-order chi connectivity index (χ1) is 6.38. The van der Waals surface area contributed by atoms with Crippen molar-refractivity contribution in [2.75, 3.05) is 26.2 Å². The minimum atomic E-state index is 0.537. The van der Waals surface area contributed by atoms with E-state index in [4.69, 9.17) is 0 Å². The van der Waals surface area contributed by atoms with Gasteiger partial charge in [0.1, 0.15) is 0 Å². The summed E-state index contributed by atoms with van der Waals surface area (Å²) in [6, 6.07) is 0.537. The van der Waals surface area contributed by atoms with Gasteiger partial charge in [-0.2, -0.15) is 0 Å². The van der Waals surface area contributed by atoms with Crippen molar-refractivity contribution in [1.29, 1.82) is 0 Å². The third-order valence-corrected chi connectivity index (χ3v) is 3.51. The molecule has 4 heteroatoms. The Hall–Kier alpha value is -0.450. The maximum absolute atomic E-state index is 4.11. The van der Waals surface area contributed by atoms with Gasteiger partial charge in [0.05, 0.1) is 5.51 Å². The molecule has 0 bridgehead atoms. The zero-order valence-electron chi connectivity index (χ0n) is 7.86. The molecular formula is C9H15N3S. The third-order valence-electron chi connectivity index (χ3n) is 2.56. The van der Waals surface area contributed by atoms with Crippen molar-refractivity contribution >= 4 is 11.3 Å². The molecule has 1 N–H and O–H groups in total. The summed E-state index contributed by atoms with van der Waals surface area (Å²) >= 11 is 1.75. The van der Waals surface area contributed by atoms with Gasteiger partial charge in [0, 0.05) is 43.3 Å². The van der Waals surface area contributed by atoms with E-state index < -0.39 is 0 Å². The van der Waals surface area contributed by atoms with Crippen LogP contribution in [0.4, 0.5) is 0 Å². The summed E-state index contributed by atoms with van der Waals surface area (Å²) in [5, 5.41) is 3.36. The normalized spacial score (nSPS) is 21.6. The number of nitrogens with zero attached hydrogens (tertiary/aromatic N) is 2. The van der Waals surface area contributed by atoms with E-state index in [9.17, 15) is 0 Å². The Labute approximate surface area is 82.8 Å².